The summed E-state index contributed by atoms with van der Waals surface area (Å²) >= 11 is 0. The van der Waals surface area contributed by atoms with Gasteiger partial charge in [0.2, 0.25) is 11.8 Å². The van der Waals surface area contributed by atoms with Crippen LogP contribution >= 0.6 is 0 Å². The molecule has 2 aromatic carbocycles. The Balaban J connectivity index is 0.00000229. The summed E-state index contributed by atoms with van der Waals surface area (Å²) < 4.78 is 0. The van der Waals surface area contributed by atoms with Crippen LogP contribution in [0.25, 0.3) is 11.1 Å². The van der Waals surface area contributed by atoms with Crippen LogP contribution in [0.5, 0.6) is 0 Å². The molecule has 38 heavy (non-hydrogen) atoms. The second-order valence-electron chi connectivity index (χ2n) is 8.34. The monoisotopic (exact) mass is 529 g/mol. The molecule has 204 valence electrons. The fraction of sp³-hybridized carbons (Fsp3) is 0.346. The molecule has 2 atom stereocenters. The van der Waals surface area contributed by atoms with E-state index in [2.05, 4.69) is 5.32 Å². The molecule has 0 aromatic heterocycles. The molecular formula is C26H31N3O9. The average molecular weight is 530 g/mol. The minimum absolute atomic E-state index is 0.00677. The summed E-state index contributed by atoms with van der Waals surface area (Å²) in [7, 11) is 0. The third-order valence-corrected chi connectivity index (χ3v) is 5.67. The fourth-order valence-electron chi connectivity index (χ4n) is 3.63. The number of nitro benzene ring substituents is 1. The van der Waals surface area contributed by atoms with Gasteiger partial charge in [-0.1, -0.05) is 43.3 Å². The van der Waals surface area contributed by atoms with Gasteiger partial charge in [0.25, 0.3) is 12.2 Å². The molecule has 5 N–H and O–H groups in total. The van der Waals surface area contributed by atoms with E-state index in [0.29, 0.717) is 18.4 Å². The minimum atomic E-state index is -1.08. The maximum Gasteiger partial charge on any atom is 0.303 e. The number of carboxylic acid groups (broad SMARTS) is 2. The van der Waals surface area contributed by atoms with E-state index in [0.717, 1.165) is 11.1 Å². The van der Waals surface area contributed by atoms with Crippen LogP contribution in [0.15, 0.2) is 48.5 Å². The van der Waals surface area contributed by atoms with Gasteiger partial charge in [-0.25, -0.2) is 0 Å². The highest BCUT2D eigenvalue weighted by atomic mass is 16.6. The standard InChI is InChI=1S/C25H29N3O7.CH2O2/c1-2-21(22(29)15-19(25(26)33)11-13-24(31)32)27-23(30)12-8-16-6-9-17(10-7-16)18-4-3-5-20(14-18)28(34)35;2-1-3/h3-7,9-10,14,19,21H,2,8,11-13,15H2,1H3,(H2,26,33)(H,27,30)(H,31,32);1H,(H,2,3)/t19-,21+;/m1./s1. The fourth-order valence-corrected chi connectivity index (χ4v) is 3.63. The van der Waals surface area contributed by atoms with Gasteiger partial charge < -0.3 is 21.3 Å². The predicted molar refractivity (Wildman–Crippen MR) is 137 cm³/mol. The van der Waals surface area contributed by atoms with Gasteiger partial charge in [-0.2, -0.15) is 0 Å². The Morgan fingerprint density at radius 1 is 1.08 bits per heavy atom. The van der Waals surface area contributed by atoms with Gasteiger partial charge in [0.05, 0.1) is 11.0 Å². The normalized spacial score (nSPS) is 11.7. The summed E-state index contributed by atoms with van der Waals surface area (Å²) in [4.78, 5) is 66.2. The lowest BCUT2D eigenvalue weighted by Gasteiger charge is -2.19. The summed E-state index contributed by atoms with van der Waals surface area (Å²) in [5.41, 5.74) is 7.71. The molecule has 12 nitrogen and oxygen atoms in total. The number of carbonyl (C=O) groups is 5. The third-order valence-electron chi connectivity index (χ3n) is 5.67. The lowest BCUT2D eigenvalue weighted by molar-refractivity contribution is -0.384. The number of benzene rings is 2. The number of ketones is 1. The highest BCUT2D eigenvalue weighted by molar-refractivity contribution is 5.92. The maximum atomic E-state index is 12.6. The zero-order chi connectivity index (χ0) is 28.7. The number of Topliss-reactive ketones (excluding diaryl/α,β-unsaturated/α-hetero) is 1. The van der Waals surface area contributed by atoms with Crippen molar-refractivity contribution in [3.05, 3.63) is 64.2 Å². The van der Waals surface area contributed by atoms with E-state index < -0.39 is 28.8 Å². The predicted octanol–water partition coefficient (Wildman–Crippen LogP) is 2.72. The van der Waals surface area contributed by atoms with E-state index in [1.807, 2.05) is 24.3 Å². The Bertz CT molecular complexity index is 1130. The number of hydrogen-bond acceptors (Lipinski definition) is 7. The van der Waals surface area contributed by atoms with Crippen LogP contribution in [-0.2, 0) is 30.4 Å². The van der Waals surface area contributed by atoms with Crippen molar-refractivity contribution in [2.75, 3.05) is 0 Å². The molecule has 0 aliphatic heterocycles. The van der Waals surface area contributed by atoms with Crippen molar-refractivity contribution in [1.29, 1.82) is 0 Å². The summed E-state index contributed by atoms with van der Waals surface area (Å²) in [5, 5.41) is 29.3. The number of aliphatic carboxylic acids is 1. The summed E-state index contributed by atoms with van der Waals surface area (Å²) in [5.74, 6) is -3.41. The Morgan fingerprint density at radius 3 is 2.24 bits per heavy atom. The van der Waals surface area contributed by atoms with E-state index in [4.69, 9.17) is 20.7 Å². The van der Waals surface area contributed by atoms with E-state index in [1.54, 1.807) is 19.1 Å². The van der Waals surface area contributed by atoms with Crippen molar-refractivity contribution in [3.8, 4) is 11.1 Å². The topological polar surface area (TPSA) is 207 Å². The minimum Gasteiger partial charge on any atom is -0.483 e. The van der Waals surface area contributed by atoms with Crippen molar-refractivity contribution in [2.24, 2.45) is 11.7 Å². The number of primary amides is 1. The van der Waals surface area contributed by atoms with Crippen LogP contribution < -0.4 is 11.1 Å². The Morgan fingerprint density at radius 2 is 1.71 bits per heavy atom. The number of nitrogens with zero attached hydrogens (tertiary/aromatic N) is 1. The van der Waals surface area contributed by atoms with Crippen molar-refractivity contribution >= 4 is 35.7 Å². The van der Waals surface area contributed by atoms with Crippen LogP contribution in [0.4, 0.5) is 5.69 Å². The maximum absolute atomic E-state index is 12.6. The lowest BCUT2D eigenvalue weighted by Crippen LogP contribution is -2.42. The number of non-ortho nitro benzene ring substituents is 1. The molecule has 0 radical (unpaired) electrons. The van der Waals surface area contributed by atoms with E-state index in [-0.39, 0.29) is 49.5 Å². The first-order chi connectivity index (χ1) is 18.0. The molecule has 2 amide bonds. The highest BCUT2D eigenvalue weighted by Gasteiger charge is 2.26. The smallest absolute Gasteiger partial charge is 0.303 e. The Labute approximate surface area is 219 Å². The molecule has 0 aliphatic carbocycles. The quantitative estimate of drug-likeness (QED) is 0.161. The van der Waals surface area contributed by atoms with Crippen molar-refractivity contribution in [2.45, 2.75) is 51.5 Å². The van der Waals surface area contributed by atoms with Crippen molar-refractivity contribution in [1.82, 2.24) is 5.32 Å². The van der Waals surface area contributed by atoms with Crippen LogP contribution in [0.2, 0.25) is 0 Å². The summed E-state index contributed by atoms with van der Waals surface area (Å²) in [6, 6.07) is 12.9. The second-order valence-corrected chi connectivity index (χ2v) is 8.34. The van der Waals surface area contributed by atoms with E-state index in [1.165, 1.54) is 12.1 Å². The molecule has 0 heterocycles. The molecule has 0 saturated heterocycles. The first-order valence-electron chi connectivity index (χ1n) is 11.8. The van der Waals surface area contributed by atoms with E-state index in [9.17, 15) is 29.3 Å². The molecule has 2 rings (SSSR count). The third kappa shape index (κ3) is 11.0. The molecule has 0 saturated carbocycles. The largest absolute Gasteiger partial charge is 0.483 e. The van der Waals surface area contributed by atoms with Gasteiger partial charge in [-0.15, -0.1) is 0 Å². The number of nitrogens with one attached hydrogen (secondary N) is 1. The molecule has 0 aliphatic rings. The summed E-state index contributed by atoms with van der Waals surface area (Å²) in [6.45, 7) is 1.48. The van der Waals surface area contributed by atoms with Gasteiger partial charge >= 0.3 is 5.97 Å². The molecule has 0 unspecified atom stereocenters. The number of nitrogens with two attached hydrogens (primary N) is 1. The molecular weight excluding hydrogens is 498 g/mol. The lowest BCUT2D eigenvalue weighted by atomic mass is 9.92. The van der Waals surface area contributed by atoms with Crippen LogP contribution in [0, 0.1) is 16.0 Å². The molecule has 0 bridgehead atoms. The van der Waals surface area contributed by atoms with Crippen molar-refractivity contribution < 1.29 is 39.1 Å². The number of hydrogen-bond donors (Lipinski definition) is 4. The zero-order valence-electron chi connectivity index (χ0n) is 20.9. The zero-order valence-corrected chi connectivity index (χ0v) is 20.9. The summed E-state index contributed by atoms with van der Waals surface area (Å²) in [6.07, 6.45) is 0.358. The van der Waals surface area contributed by atoms with Gasteiger partial charge in [0.15, 0.2) is 5.78 Å². The molecule has 0 spiro atoms. The highest BCUT2D eigenvalue weighted by Crippen LogP contribution is 2.24. The van der Waals surface area contributed by atoms with Gasteiger partial charge in [-0.05, 0) is 36.0 Å². The van der Waals surface area contributed by atoms with Crippen molar-refractivity contribution in [3.63, 3.8) is 0 Å². The number of rotatable bonds is 14. The Kier molecular flexibility index (Phi) is 13.4. The Hall–Kier alpha value is -4.61. The molecule has 12 heteroatoms. The van der Waals surface area contributed by atoms with Crippen LogP contribution in [0.3, 0.4) is 0 Å². The van der Waals surface area contributed by atoms with E-state index >= 15 is 0 Å². The molecule has 0 fully saturated rings. The first kappa shape index (κ1) is 31.4. The van der Waals surface area contributed by atoms with Crippen LogP contribution in [-0.4, -0.2) is 51.2 Å². The number of carboxylic acids is 1. The number of carbonyl (C=O) groups excluding carboxylic acids is 3. The van der Waals surface area contributed by atoms with Gasteiger partial charge in [0, 0.05) is 37.3 Å². The average Bonchev–Trinajstić information content (AvgIpc) is 2.88. The number of aryl methyl sites for hydroxylation is 1. The van der Waals surface area contributed by atoms with Gasteiger partial charge in [0.1, 0.15) is 0 Å². The first-order valence-corrected chi connectivity index (χ1v) is 11.8. The number of amides is 2. The molecule has 2 aromatic rings. The SMILES string of the molecule is CC[C@H](NC(=O)CCc1ccc(-c2cccc([N+](=O)[O-])c2)cc1)C(=O)C[C@@H](CCC(=O)O)C(N)=O.O=CO. The van der Waals surface area contributed by atoms with Gasteiger partial charge in [-0.3, -0.25) is 34.1 Å². The second kappa shape index (κ2) is 16.2. The number of nitro groups is 1. The van der Waals surface area contributed by atoms with Crippen LogP contribution in [0.1, 0.15) is 44.6 Å².